The van der Waals surface area contributed by atoms with Crippen molar-refractivity contribution in [2.24, 2.45) is 0 Å². The average molecular weight is 601 g/mol. The van der Waals surface area contributed by atoms with Gasteiger partial charge in [0.15, 0.2) is 0 Å². The van der Waals surface area contributed by atoms with Crippen LogP contribution in [0.25, 0.3) is 22.2 Å². The topological polar surface area (TPSA) is 106 Å². The number of nitrogens with zero attached hydrogens (tertiary/aromatic N) is 2. The molecule has 2 N–H and O–H groups in total. The maximum Gasteiger partial charge on any atom is 0.148 e. The number of furan rings is 1. The van der Waals surface area contributed by atoms with E-state index in [1.165, 1.54) is 30.8 Å². The van der Waals surface area contributed by atoms with Crippen LogP contribution in [0.4, 0.5) is 20.3 Å². The molecular formula is C29H27ClF2N4O4S. The van der Waals surface area contributed by atoms with Gasteiger partial charge in [-0.1, -0.05) is 23.7 Å². The Morgan fingerprint density at radius 3 is 2.68 bits per heavy atom. The lowest BCUT2D eigenvalue weighted by molar-refractivity contribution is 0.306. The van der Waals surface area contributed by atoms with E-state index in [0.717, 1.165) is 0 Å². The minimum Gasteiger partial charge on any atom is -0.487 e. The molecule has 0 bridgehead atoms. The van der Waals surface area contributed by atoms with Gasteiger partial charge in [-0.2, -0.15) is 0 Å². The van der Waals surface area contributed by atoms with E-state index in [0.29, 0.717) is 56.8 Å². The fourth-order valence-corrected chi connectivity index (χ4v) is 4.82. The van der Waals surface area contributed by atoms with Crippen molar-refractivity contribution in [3.05, 3.63) is 101 Å². The van der Waals surface area contributed by atoms with E-state index < -0.39 is 15.7 Å². The molecule has 12 heteroatoms. The number of fused-ring (bicyclic) bond motifs is 1. The monoisotopic (exact) mass is 600 g/mol. The lowest BCUT2D eigenvalue weighted by Gasteiger charge is -2.12. The van der Waals surface area contributed by atoms with Gasteiger partial charge in [-0.15, -0.1) is 0 Å². The highest BCUT2D eigenvalue weighted by Gasteiger charge is 2.15. The summed E-state index contributed by atoms with van der Waals surface area (Å²) in [5.74, 6) is 0.838. The summed E-state index contributed by atoms with van der Waals surface area (Å²) in [5.41, 5.74) is 1.89. The molecule has 0 atom stereocenters. The molecule has 0 amide bonds. The van der Waals surface area contributed by atoms with Gasteiger partial charge in [0.05, 0.1) is 28.4 Å². The molecule has 0 saturated heterocycles. The molecule has 0 spiro atoms. The summed E-state index contributed by atoms with van der Waals surface area (Å²) < 4.78 is 62.6. The van der Waals surface area contributed by atoms with Gasteiger partial charge in [-0.3, -0.25) is 0 Å². The molecule has 0 radical (unpaired) electrons. The Labute approximate surface area is 241 Å². The molecule has 5 rings (SSSR count). The van der Waals surface area contributed by atoms with E-state index in [4.69, 9.17) is 20.8 Å². The summed E-state index contributed by atoms with van der Waals surface area (Å²) in [7, 11) is -3.07. The lowest BCUT2D eigenvalue weighted by atomic mass is 10.1. The molecule has 214 valence electrons. The SMILES string of the molecule is CS(=O)(=O)CCNCc1ccc(-c2cc3c(Nc4ccc(OCc5cccc(F)c5)c(Cl)c4)ncnc3cc2F)o1.[HH]. The maximum absolute atomic E-state index is 15.1. The minimum absolute atomic E-state index is 0. The Morgan fingerprint density at radius 2 is 1.90 bits per heavy atom. The number of halogens is 3. The van der Waals surface area contributed by atoms with E-state index in [-0.39, 0.29) is 31.7 Å². The van der Waals surface area contributed by atoms with Crippen LogP contribution in [0.5, 0.6) is 5.75 Å². The van der Waals surface area contributed by atoms with Crippen molar-refractivity contribution in [3.8, 4) is 17.1 Å². The summed E-state index contributed by atoms with van der Waals surface area (Å²) in [6.45, 7) is 0.722. The number of ether oxygens (including phenoxy) is 1. The second-order valence-electron chi connectivity index (χ2n) is 9.33. The summed E-state index contributed by atoms with van der Waals surface area (Å²) in [4.78, 5) is 8.53. The fourth-order valence-electron chi connectivity index (χ4n) is 4.07. The van der Waals surface area contributed by atoms with Crippen LogP contribution in [-0.4, -0.2) is 36.9 Å². The maximum atomic E-state index is 15.1. The minimum atomic E-state index is -3.07. The standard InChI is InChI=1S/C29H25ClF2N4O4S.H2/c1-41(37,38)10-9-33-15-21-6-8-27(40-21)22-13-23-26(14-25(22)32)34-17-35-29(23)36-20-5-7-28(24(30)12-20)39-16-18-3-2-4-19(31)11-18;/h2-8,11-14,17,33H,9-10,15-16H2,1H3,(H,34,35,36);1H. The molecule has 0 unspecified atom stereocenters. The summed E-state index contributed by atoms with van der Waals surface area (Å²) >= 11 is 6.44. The summed E-state index contributed by atoms with van der Waals surface area (Å²) in [5, 5.41) is 7.08. The third-order valence-corrected chi connectivity index (χ3v) is 7.32. The third-order valence-electron chi connectivity index (χ3n) is 6.08. The number of hydrogen-bond acceptors (Lipinski definition) is 8. The van der Waals surface area contributed by atoms with Gasteiger partial charge in [0.25, 0.3) is 0 Å². The quantitative estimate of drug-likeness (QED) is 0.165. The number of sulfone groups is 1. The Morgan fingerprint density at radius 1 is 1.05 bits per heavy atom. The van der Waals surface area contributed by atoms with Gasteiger partial charge in [-0.05, 0) is 54.1 Å². The first-order valence-electron chi connectivity index (χ1n) is 12.5. The molecule has 2 heterocycles. The van der Waals surface area contributed by atoms with E-state index in [1.807, 2.05) is 0 Å². The molecule has 0 aliphatic heterocycles. The smallest absolute Gasteiger partial charge is 0.148 e. The van der Waals surface area contributed by atoms with E-state index >= 15 is 4.39 Å². The van der Waals surface area contributed by atoms with Gasteiger partial charge in [0.2, 0.25) is 0 Å². The number of anilines is 2. The van der Waals surface area contributed by atoms with Crippen LogP contribution in [0.2, 0.25) is 5.02 Å². The molecule has 5 aromatic rings. The zero-order valence-corrected chi connectivity index (χ0v) is 23.4. The number of nitrogens with one attached hydrogen (secondary N) is 2. The molecule has 41 heavy (non-hydrogen) atoms. The summed E-state index contributed by atoms with van der Waals surface area (Å²) in [6.07, 6.45) is 2.50. The molecule has 2 aromatic heterocycles. The van der Waals surface area contributed by atoms with Crippen LogP contribution in [-0.2, 0) is 23.0 Å². The highest BCUT2D eigenvalue weighted by molar-refractivity contribution is 7.90. The highest BCUT2D eigenvalue weighted by Crippen LogP contribution is 2.34. The Balaban J connectivity index is 0.00000405. The Bertz CT molecular complexity index is 1820. The van der Waals surface area contributed by atoms with Gasteiger partial charge in [0.1, 0.15) is 57.5 Å². The van der Waals surface area contributed by atoms with Gasteiger partial charge in [0, 0.05) is 31.4 Å². The van der Waals surface area contributed by atoms with Crippen molar-refractivity contribution < 1.29 is 27.8 Å². The molecule has 0 fully saturated rings. The number of benzene rings is 3. The van der Waals surface area contributed by atoms with Crippen molar-refractivity contribution in [1.29, 1.82) is 0 Å². The van der Waals surface area contributed by atoms with Crippen molar-refractivity contribution in [1.82, 2.24) is 15.3 Å². The van der Waals surface area contributed by atoms with E-state index in [1.54, 1.807) is 48.5 Å². The molecule has 0 aliphatic carbocycles. The van der Waals surface area contributed by atoms with Crippen molar-refractivity contribution in [2.45, 2.75) is 13.2 Å². The molecular weight excluding hydrogens is 574 g/mol. The Hall–Kier alpha value is -4.06. The molecule has 8 nitrogen and oxygen atoms in total. The van der Waals surface area contributed by atoms with Crippen LogP contribution in [0.3, 0.4) is 0 Å². The first kappa shape index (κ1) is 28.5. The Kier molecular flexibility index (Phi) is 8.48. The average Bonchev–Trinajstić information content (AvgIpc) is 3.39. The lowest BCUT2D eigenvalue weighted by Crippen LogP contribution is -2.21. The van der Waals surface area contributed by atoms with Crippen LogP contribution >= 0.6 is 11.6 Å². The van der Waals surface area contributed by atoms with E-state index in [2.05, 4.69) is 20.6 Å². The largest absolute Gasteiger partial charge is 0.487 e. The fraction of sp³-hybridized carbons (Fsp3) is 0.172. The second kappa shape index (κ2) is 12.2. The van der Waals surface area contributed by atoms with Crippen molar-refractivity contribution in [2.75, 3.05) is 23.9 Å². The van der Waals surface area contributed by atoms with Crippen molar-refractivity contribution in [3.63, 3.8) is 0 Å². The zero-order valence-electron chi connectivity index (χ0n) is 21.8. The zero-order chi connectivity index (χ0) is 29.0. The predicted molar refractivity (Wildman–Crippen MR) is 156 cm³/mol. The third kappa shape index (κ3) is 7.37. The first-order valence-corrected chi connectivity index (χ1v) is 14.9. The molecule has 0 saturated carbocycles. The molecule has 0 aliphatic rings. The van der Waals surface area contributed by atoms with Gasteiger partial charge in [-0.25, -0.2) is 27.2 Å². The van der Waals surface area contributed by atoms with Crippen LogP contribution in [0, 0.1) is 11.6 Å². The van der Waals surface area contributed by atoms with Crippen molar-refractivity contribution >= 4 is 43.8 Å². The van der Waals surface area contributed by atoms with Crippen LogP contribution < -0.4 is 15.4 Å². The first-order chi connectivity index (χ1) is 19.6. The number of rotatable bonds is 11. The highest BCUT2D eigenvalue weighted by atomic mass is 35.5. The number of hydrogen-bond donors (Lipinski definition) is 2. The predicted octanol–water partition coefficient (Wildman–Crippen LogP) is 6.52. The van der Waals surface area contributed by atoms with Crippen LogP contribution in [0.15, 0.2) is 77.5 Å². The number of aromatic nitrogens is 2. The van der Waals surface area contributed by atoms with E-state index in [9.17, 15) is 12.8 Å². The van der Waals surface area contributed by atoms with Gasteiger partial charge >= 0.3 is 0 Å². The second-order valence-corrected chi connectivity index (χ2v) is 12.0. The van der Waals surface area contributed by atoms with Gasteiger partial charge < -0.3 is 19.8 Å². The molecule has 3 aromatic carbocycles. The van der Waals surface area contributed by atoms with Crippen LogP contribution in [0.1, 0.15) is 12.8 Å². The summed E-state index contributed by atoms with van der Waals surface area (Å²) in [6, 6.07) is 17.5. The normalized spacial score (nSPS) is 11.6.